The maximum atomic E-state index is 12.3. The maximum Gasteiger partial charge on any atom is 0.341 e. The minimum atomic E-state index is -0.475. The van der Waals surface area contributed by atoms with Crippen LogP contribution in [0.25, 0.3) is 11.1 Å². The Kier molecular flexibility index (Phi) is 5.75. The maximum absolute atomic E-state index is 12.3. The number of carbonyl (C=O) groups excluding carboxylic acids is 2. The molecule has 0 aliphatic carbocycles. The van der Waals surface area contributed by atoms with E-state index in [1.165, 1.54) is 30.2 Å². The van der Waals surface area contributed by atoms with Crippen molar-refractivity contribution in [2.45, 2.75) is 5.16 Å². The highest BCUT2D eigenvalue weighted by Gasteiger charge is 2.22. The van der Waals surface area contributed by atoms with E-state index in [-0.39, 0.29) is 11.7 Å². The number of hydrogen-bond acceptors (Lipinski definition) is 6. The average Bonchev–Trinajstić information content (AvgIpc) is 3.26. The summed E-state index contributed by atoms with van der Waals surface area (Å²) in [7, 11) is 3.20. The number of benzene rings is 1. The molecule has 1 N–H and O–H groups in total. The molecule has 1 amide bonds. The summed E-state index contributed by atoms with van der Waals surface area (Å²) in [6, 6.07) is 9.53. The van der Waals surface area contributed by atoms with Gasteiger partial charge in [0.25, 0.3) is 0 Å². The van der Waals surface area contributed by atoms with Crippen LogP contribution in [0.2, 0.25) is 0 Å². The van der Waals surface area contributed by atoms with Crippen LogP contribution in [-0.4, -0.2) is 34.3 Å². The number of hydrogen-bond donors (Lipinski definition) is 1. The average molecular weight is 387 g/mol. The van der Waals surface area contributed by atoms with Gasteiger partial charge in [-0.15, -0.1) is 11.3 Å². The van der Waals surface area contributed by atoms with Gasteiger partial charge in [-0.25, -0.2) is 9.78 Å². The predicted molar refractivity (Wildman–Crippen MR) is 104 cm³/mol. The van der Waals surface area contributed by atoms with Crippen molar-refractivity contribution in [2.75, 3.05) is 18.2 Å². The lowest BCUT2D eigenvalue weighted by molar-refractivity contribution is -0.113. The highest BCUT2D eigenvalue weighted by molar-refractivity contribution is 7.99. The normalized spacial score (nSPS) is 10.5. The summed E-state index contributed by atoms with van der Waals surface area (Å²) in [4.78, 5) is 28.8. The van der Waals surface area contributed by atoms with Crippen LogP contribution in [0.4, 0.5) is 5.00 Å². The predicted octanol–water partition coefficient (Wildman–Crippen LogP) is 3.67. The summed E-state index contributed by atoms with van der Waals surface area (Å²) < 4.78 is 6.76. The molecule has 2 aromatic heterocycles. The molecule has 6 nitrogen and oxygen atoms in total. The van der Waals surface area contributed by atoms with E-state index in [0.29, 0.717) is 10.6 Å². The highest BCUT2D eigenvalue weighted by Crippen LogP contribution is 2.36. The number of methoxy groups -OCH3 is 1. The third kappa shape index (κ3) is 3.97. The zero-order valence-corrected chi connectivity index (χ0v) is 15.9. The number of imidazole rings is 1. The van der Waals surface area contributed by atoms with Crippen LogP contribution in [0.5, 0.6) is 0 Å². The first-order valence-corrected chi connectivity index (χ1v) is 9.62. The van der Waals surface area contributed by atoms with E-state index in [1.807, 2.05) is 53.5 Å². The second-order valence-corrected chi connectivity index (χ2v) is 7.19. The van der Waals surface area contributed by atoms with Gasteiger partial charge in [0.15, 0.2) is 5.16 Å². The van der Waals surface area contributed by atoms with Crippen LogP contribution in [-0.2, 0) is 16.6 Å². The molecular weight excluding hydrogens is 370 g/mol. The van der Waals surface area contributed by atoms with Gasteiger partial charge in [0.05, 0.1) is 12.9 Å². The number of rotatable bonds is 6. The third-order valence-electron chi connectivity index (χ3n) is 3.63. The highest BCUT2D eigenvalue weighted by atomic mass is 32.2. The van der Waals surface area contributed by atoms with Crippen molar-refractivity contribution in [3.05, 3.63) is 53.7 Å². The van der Waals surface area contributed by atoms with E-state index < -0.39 is 5.97 Å². The van der Waals surface area contributed by atoms with E-state index in [0.717, 1.165) is 16.3 Å². The van der Waals surface area contributed by atoms with Crippen LogP contribution in [0.1, 0.15) is 10.4 Å². The van der Waals surface area contributed by atoms with E-state index in [2.05, 4.69) is 10.3 Å². The van der Waals surface area contributed by atoms with Gasteiger partial charge in [-0.05, 0) is 5.56 Å². The molecule has 0 atom stereocenters. The number of thioether (sulfide) groups is 1. The summed E-state index contributed by atoms with van der Waals surface area (Å²) >= 11 is 2.64. The second kappa shape index (κ2) is 8.20. The van der Waals surface area contributed by atoms with Crippen molar-refractivity contribution < 1.29 is 14.3 Å². The van der Waals surface area contributed by atoms with E-state index in [9.17, 15) is 9.59 Å². The molecule has 2 heterocycles. The number of aromatic nitrogens is 2. The van der Waals surface area contributed by atoms with Gasteiger partial charge < -0.3 is 14.6 Å². The smallest absolute Gasteiger partial charge is 0.341 e. The number of amides is 1. The molecule has 0 radical (unpaired) electrons. The van der Waals surface area contributed by atoms with Crippen LogP contribution in [0.15, 0.2) is 53.3 Å². The van der Waals surface area contributed by atoms with Crippen molar-refractivity contribution >= 4 is 40.0 Å². The number of carbonyl (C=O) groups is 2. The zero-order valence-electron chi connectivity index (χ0n) is 14.3. The van der Waals surface area contributed by atoms with Gasteiger partial charge in [-0.2, -0.15) is 0 Å². The Morgan fingerprint density at radius 3 is 2.73 bits per heavy atom. The second-order valence-electron chi connectivity index (χ2n) is 5.37. The lowest BCUT2D eigenvalue weighted by Gasteiger charge is -2.08. The van der Waals surface area contributed by atoms with Crippen molar-refractivity contribution in [2.24, 2.45) is 7.05 Å². The van der Waals surface area contributed by atoms with Crippen LogP contribution in [0, 0.1) is 0 Å². The Hall–Kier alpha value is -2.58. The number of anilines is 1. The largest absolute Gasteiger partial charge is 0.465 e. The molecule has 0 spiro atoms. The van der Waals surface area contributed by atoms with Gasteiger partial charge in [0.1, 0.15) is 10.6 Å². The van der Waals surface area contributed by atoms with Crippen LogP contribution >= 0.6 is 23.1 Å². The van der Waals surface area contributed by atoms with E-state index in [1.54, 1.807) is 6.20 Å². The Morgan fingerprint density at radius 2 is 2.08 bits per heavy atom. The van der Waals surface area contributed by atoms with Crippen molar-refractivity contribution in [3.63, 3.8) is 0 Å². The lowest BCUT2D eigenvalue weighted by atomic mass is 10.0. The third-order valence-corrected chi connectivity index (χ3v) is 5.58. The first kappa shape index (κ1) is 18.2. The monoisotopic (exact) mass is 387 g/mol. The molecular formula is C18H17N3O3S2. The first-order chi connectivity index (χ1) is 12.6. The Balaban J connectivity index is 1.79. The molecule has 0 aliphatic heterocycles. The van der Waals surface area contributed by atoms with E-state index in [4.69, 9.17) is 4.74 Å². The minimum Gasteiger partial charge on any atom is -0.465 e. The number of aryl methyl sites for hydroxylation is 1. The number of thiophene rings is 1. The molecule has 26 heavy (non-hydrogen) atoms. The summed E-state index contributed by atoms with van der Waals surface area (Å²) in [5.74, 6) is -0.480. The van der Waals surface area contributed by atoms with Crippen molar-refractivity contribution in [3.8, 4) is 11.1 Å². The molecule has 8 heteroatoms. The first-order valence-electron chi connectivity index (χ1n) is 7.75. The van der Waals surface area contributed by atoms with Crippen LogP contribution < -0.4 is 5.32 Å². The molecule has 134 valence electrons. The quantitative estimate of drug-likeness (QED) is 0.516. The standard InChI is InChI=1S/C18H17N3O3S2/c1-21-9-8-19-18(21)26-11-14(22)20-16-15(17(23)24-2)13(10-25-16)12-6-4-3-5-7-12/h3-10H,11H2,1-2H3,(H,20,22). The summed E-state index contributed by atoms with van der Waals surface area (Å²) in [6.07, 6.45) is 3.50. The van der Waals surface area contributed by atoms with Crippen LogP contribution in [0.3, 0.4) is 0 Å². The van der Waals surface area contributed by atoms with Crippen molar-refractivity contribution in [1.29, 1.82) is 0 Å². The molecule has 3 aromatic rings. The SMILES string of the molecule is COC(=O)c1c(-c2ccccc2)csc1NC(=O)CSc1nccn1C. The van der Waals surface area contributed by atoms with Gasteiger partial charge in [-0.3, -0.25) is 4.79 Å². The Labute approximate surface area is 159 Å². The molecule has 0 unspecified atom stereocenters. The van der Waals surface area contributed by atoms with Gasteiger partial charge in [0.2, 0.25) is 5.91 Å². The summed E-state index contributed by atoms with van der Waals surface area (Å²) in [6.45, 7) is 0. The zero-order chi connectivity index (χ0) is 18.5. The fourth-order valence-electron chi connectivity index (χ4n) is 2.37. The van der Waals surface area contributed by atoms with Gasteiger partial charge >= 0.3 is 5.97 Å². The molecule has 3 rings (SSSR count). The fourth-order valence-corrected chi connectivity index (χ4v) is 4.07. The lowest BCUT2D eigenvalue weighted by Crippen LogP contribution is -2.16. The minimum absolute atomic E-state index is 0.198. The summed E-state index contributed by atoms with van der Waals surface area (Å²) in [5.41, 5.74) is 2.01. The molecule has 0 fully saturated rings. The topological polar surface area (TPSA) is 73.2 Å². The molecule has 1 aromatic carbocycles. The Bertz CT molecular complexity index is 919. The van der Waals surface area contributed by atoms with Crippen molar-refractivity contribution in [1.82, 2.24) is 9.55 Å². The van der Waals surface area contributed by atoms with E-state index >= 15 is 0 Å². The summed E-state index contributed by atoms with van der Waals surface area (Å²) in [5, 5.41) is 5.91. The number of ether oxygens (including phenoxy) is 1. The Morgan fingerprint density at radius 1 is 1.31 bits per heavy atom. The molecule has 0 saturated heterocycles. The van der Waals surface area contributed by atoms with Gasteiger partial charge in [-0.1, -0.05) is 42.1 Å². The number of nitrogens with one attached hydrogen (secondary N) is 1. The number of esters is 1. The molecule has 0 bridgehead atoms. The molecule has 0 saturated carbocycles. The van der Waals surface area contributed by atoms with Gasteiger partial charge in [0, 0.05) is 30.4 Å². The molecule has 0 aliphatic rings. The fraction of sp³-hybridized carbons (Fsp3) is 0.167. The number of nitrogens with zero attached hydrogens (tertiary/aromatic N) is 2.